The number of hydrogen-bond donors (Lipinski definition) is 1. The van der Waals surface area contributed by atoms with Gasteiger partial charge in [0.1, 0.15) is 5.82 Å². The number of carbonyl (C=O) groups excluding carboxylic acids is 1. The third-order valence-corrected chi connectivity index (χ3v) is 8.91. The minimum absolute atomic E-state index is 0.109. The number of fused-ring (bicyclic) bond motifs is 1. The number of anilines is 1. The Bertz CT molecular complexity index is 1460. The van der Waals surface area contributed by atoms with E-state index in [0.29, 0.717) is 12.5 Å². The maximum atomic E-state index is 14.0. The zero-order chi connectivity index (χ0) is 26.1. The van der Waals surface area contributed by atoms with Crippen LogP contribution in [0.25, 0.3) is 17.0 Å². The van der Waals surface area contributed by atoms with E-state index in [-0.39, 0.29) is 23.3 Å². The van der Waals surface area contributed by atoms with Gasteiger partial charge in [0.15, 0.2) is 5.50 Å². The second-order valence-corrected chi connectivity index (χ2v) is 11.5. The molecule has 1 saturated heterocycles. The molecule has 1 amide bonds. The standard InChI is InChI=1S/C32H32FN3OS/c1-22-9-5-7-13-28(22)36-31(37)30(38-32(36)34-26-10-3-2-4-11-26)19-24-21-35(29-14-8-6-12-27(24)29)20-23-15-17-25(33)18-16-23/h2-4,6,8,10-12,14-19,21-22,28,32,34H,5,7,9,13,20H2,1H3/b30-19-/t22-,28+,32?/m1/s1. The minimum Gasteiger partial charge on any atom is -0.356 e. The number of nitrogens with zero attached hydrogens (tertiary/aromatic N) is 2. The molecule has 2 fully saturated rings. The SMILES string of the molecule is C[C@@H]1CCCC[C@@H]1N1C(=O)/C(=C/c2cn(Cc3ccc(F)cc3)c3ccccc23)SC1Nc1ccccc1. The van der Waals surface area contributed by atoms with Crippen LogP contribution < -0.4 is 5.32 Å². The van der Waals surface area contributed by atoms with Crippen LogP contribution in [0.1, 0.15) is 43.7 Å². The lowest BCUT2D eigenvalue weighted by molar-refractivity contribution is -0.129. The van der Waals surface area contributed by atoms with E-state index in [4.69, 9.17) is 0 Å². The summed E-state index contributed by atoms with van der Waals surface area (Å²) in [6, 6.07) is 25.3. The fraction of sp³-hybridized carbons (Fsp3) is 0.281. The van der Waals surface area contributed by atoms with Gasteiger partial charge in [-0.3, -0.25) is 4.79 Å². The Hall–Kier alpha value is -3.51. The molecule has 2 heterocycles. The third kappa shape index (κ3) is 4.97. The summed E-state index contributed by atoms with van der Waals surface area (Å²) in [4.78, 5) is 16.8. The average molecular weight is 526 g/mol. The number of nitrogens with one attached hydrogen (secondary N) is 1. The Morgan fingerprint density at radius 1 is 0.974 bits per heavy atom. The number of carbonyl (C=O) groups is 1. The van der Waals surface area contributed by atoms with Crippen molar-refractivity contribution in [2.75, 3.05) is 5.32 Å². The molecule has 1 aromatic heterocycles. The molecule has 3 atom stereocenters. The quantitative estimate of drug-likeness (QED) is 0.262. The first kappa shape index (κ1) is 24.8. The molecule has 1 N–H and O–H groups in total. The predicted molar refractivity (Wildman–Crippen MR) is 155 cm³/mol. The summed E-state index contributed by atoms with van der Waals surface area (Å²) in [6.07, 6.45) is 8.78. The van der Waals surface area contributed by atoms with Gasteiger partial charge in [0.25, 0.3) is 5.91 Å². The van der Waals surface area contributed by atoms with Crippen molar-refractivity contribution in [2.45, 2.75) is 50.7 Å². The maximum Gasteiger partial charge on any atom is 0.262 e. The molecule has 194 valence electrons. The zero-order valence-corrected chi connectivity index (χ0v) is 22.3. The number of rotatable bonds is 6. The highest BCUT2D eigenvalue weighted by atomic mass is 32.2. The number of amides is 1. The van der Waals surface area contributed by atoms with Gasteiger partial charge in [-0.1, -0.05) is 80.1 Å². The van der Waals surface area contributed by atoms with Crippen LogP contribution in [0.15, 0.2) is 90.0 Å². The molecular weight excluding hydrogens is 493 g/mol. The largest absolute Gasteiger partial charge is 0.356 e. The van der Waals surface area contributed by atoms with Gasteiger partial charge >= 0.3 is 0 Å². The van der Waals surface area contributed by atoms with Crippen LogP contribution >= 0.6 is 11.8 Å². The summed E-state index contributed by atoms with van der Waals surface area (Å²) in [5.41, 5.74) is 4.02. The molecule has 6 heteroatoms. The predicted octanol–water partition coefficient (Wildman–Crippen LogP) is 7.72. The number of halogens is 1. The number of aromatic nitrogens is 1. The van der Waals surface area contributed by atoms with Crippen LogP contribution in [0.3, 0.4) is 0 Å². The van der Waals surface area contributed by atoms with Crippen molar-refractivity contribution in [1.82, 2.24) is 9.47 Å². The molecule has 0 spiro atoms. The van der Waals surface area contributed by atoms with Crippen LogP contribution in [0.2, 0.25) is 0 Å². The van der Waals surface area contributed by atoms with E-state index in [9.17, 15) is 9.18 Å². The fourth-order valence-corrected chi connectivity index (χ4v) is 7.02. The van der Waals surface area contributed by atoms with Gasteiger partial charge in [-0.2, -0.15) is 0 Å². The summed E-state index contributed by atoms with van der Waals surface area (Å²) in [5.74, 6) is 0.353. The highest BCUT2D eigenvalue weighted by molar-refractivity contribution is 8.05. The molecule has 1 aliphatic heterocycles. The van der Waals surface area contributed by atoms with Gasteiger partial charge in [0.05, 0.1) is 4.91 Å². The van der Waals surface area contributed by atoms with Crippen molar-refractivity contribution >= 4 is 40.3 Å². The monoisotopic (exact) mass is 525 g/mol. The molecular formula is C32H32FN3OS. The van der Waals surface area contributed by atoms with E-state index in [0.717, 1.165) is 51.9 Å². The lowest BCUT2D eigenvalue weighted by Gasteiger charge is -2.39. The number of hydrogen-bond acceptors (Lipinski definition) is 3. The summed E-state index contributed by atoms with van der Waals surface area (Å²) in [7, 11) is 0. The van der Waals surface area contributed by atoms with E-state index >= 15 is 0 Å². The van der Waals surface area contributed by atoms with Gasteiger partial charge in [-0.15, -0.1) is 0 Å². The first-order chi connectivity index (χ1) is 18.6. The molecule has 4 nitrogen and oxygen atoms in total. The topological polar surface area (TPSA) is 37.3 Å². The Kier molecular flexibility index (Phi) is 6.98. The van der Waals surface area contributed by atoms with Gasteiger partial charge in [0.2, 0.25) is 0 Å². The minimum atomic E-state index is -0.233. The van der Waals surface area contributed by atoms with E-state index in [2.05, 4.69) is 58.2 Å². The smallest absolute Gasteiger partial charge is 0.262 e. The average Bonchev–Trinajstić information content (AvgIpc) is 3.43. The number of thioether (sulfide) groups is 1. The lowest BCUT2D eigenvalue weighted by Crippen LogP contribution is -2.48. The maximum absolute atomic E-state index is 14.0. The van der Waals surface area contributed by atoms with Crippen LogP contribution in [-0.2, 0) is 11.3 Å². The second-order valence-electron chi connectivity index (χ2n) is 10.4. The highest BCUT2D eigenvalue weighted by Gasteiger charge is 2.43. The third-order valence-electron chi connectivity index (χ3n) is 7.80. The van der Waals surface area contributed by atoms with E-state index < -0.39 is 0 Å². The number of benzene rings is 3. The van der Waals surface area contributed by atoms with Crippen molar-refractivity contribution in [3.8, 4) is 0 Å². The summed E-state index contributed by atoms with van der Waals surface area (Å²) in [6.45, 7) is 2.92. The van der Waals surface area contributed by atoms with Gasteiger partial charge in [0, 0.05) is 40.9 Å². The summed E-state index contributed by atoms with van der Waals surface area (Å²) >= 11 is 1.61. The van der Waals surface area contributed by atoms with Crippen molar-refractivity contribution in [2.24, 2.45) is 5.92 Å². The van der Waals surface area contributed by atoms with Crippen molar-refractivity contribution in [3.63, 3.8) is 0 Å². The van der Waals surface area contributed by atoms with E-state index in [1.807, 2.05) is 42.5 Å². The van der Waals surface area contributed by atoms with Gasteiger partial charge < -0.3 is 14.8 Å². The molecule has 0 radical (unpaired) electrons. The van der Waals surface area contributed by atoms with Gasteiger partial charge in [-0.25, -0.2) is 4.39 Å². The summed E-state index contributed by atoms with van der Waals surface area (Å²) < 4.78 is 15.6. The number of para-hydroxylation sites is 2. The molecule has 4 aromatic rings. The normalized spacial score (nSPS) is 22.9. The lowest BCUT2D eigenvalue weighted by atomic mass is 9.85. The molecule has 1 saturated carbocycles. The summed E-state index contributed by atoms with van der Waals surface area (Å²) in [5, 5.41) is 4.73. The van der Waals surface area contributed by atoms with Crippen LogP contribution in [0, 0.1) is 11.7 Å². The van der Waals surface area contributed by atoms with Crippen LogP contribution in [0.5, 0.6) is 0 Å². The Balaban J connectivity index is 1.35. The van der Waals surface area contributed by atoms with Crippen LogP contribution in [0.4, 0.5) is 10.1 Å². The first-order valence-electron chi connectivity index (χ1n) is 13.4. The molecule has 0 bridgehead atoms. The van der Waals surface area contributed by atoms with E-state index in [1.165, 1.54) is 18.6 Å². The molecule has 1 unspecified atom stereocenters. The highest BCUT2D eigenvalue weighted by Crippen LogP contribution is 2.42. The van der Waals surface area contributed by atoms with E-state index in [1.54, 1.807) is 11.8 Å². The molecule has 6 rings (SSSR count). The van der Waals surface area contributed by atoms with Crippen molar-refractivity contribution in [1.29, 1.82) is 0 Å². The van der Waals surface area contributed by atoms with Crippen molar-refractivity contribution < 1.29 is 9.18 Å². The molecule has 2 aliphatic rings. The molecule has 38 heavy (non-hydrogen) atoms. The molecule has 1 aliphatic carbocycles. The van der Waals surface area contributed by atoms with Crippen LogP contribution in [-0.4, -0.2) is 26.9 Å². The van der Waals surface area contributed by atoms with Crippen molar-refractivity contribution in [3.05, 3.63) is 107 Å². The van der Waals surface area contributed by atoms with Gasteiger partial charge in [-0.05, 0) is 60.7 Å². The second kappa shape index (κ2) is 10.7. The Morgan fingerprint density at radius 2 is 1.71 bits per heavy atom. The molecule has 3 aromatic carbocycles. The Labute approximate surface area is 227 Å². The Morgan fingerprint density at radius 3 is 2.50 bits per heavy atom. The fourth-order valence-electron chi connectivity index (χ4n) is 5.82. The zero-order valence-electron chi connectivity index (χ0n) is 21.5. The first-order valence-corrected chi connectivity index (χ1v) is 14.3.